The van der Waals surface area contributed by atoms with E-state index in [1.54, 1.807) is 6.33 Å². The molecule has 1 saturated carbocycles. The predicted molar refractivity (Wildman–Crippen MR) is 78.7 cm³/mol. The molecule has 1 aliphatic heterocycles. The fourth-order valence-electron chi connectivity index (χ4n) is 3.14. The van der Waals surface area contributed by atoms with E-state index in [1.165, 1.54) is 19.3 Å². The second kappa shape index (κ2) is 6.06. The molecule has 0 unspecified atom stereocenters. The number of aromatic nitrogens is 2. The molecule has 5 nitrogen and oxygen atoms in total. The number of hydrogen-bond acceptors (Lipinski definition) is 5. The van der Waals surface area contributed by atoms with Crippen LogP contribution in [0.1, 0.15) is 43.7 Å². The van der Waals surface area contributed by atoms with Gasteiger partial charge in [-0.2, -0.15) is 0 Å². The third-order valence-corrected chi connectivity index (χ3v) is 4.80. The summed E-state index contributed by atoms with van der Waals surface area (Å²) < 4.78 is 0. The lowest BCUT2D eigenvalue weighted by Gasteiger charge is -2.40. The van der Waals surface area contributed by atoms with Crippen molar-refractivity contribution in [2.45, 2.75) is 38.0 Å². The zero-order chi connectivity index (χ0) is 13.8. The van der Waals surface area contributed by atoms with Gasteiger partial charge in [0.05, 0.1) is 12.3 Å². The zero-order valence-corrected chi connectivity index (χ0v) is 11.9. The molecule has 1 aromatic heterocycles. The van der Waals surface area contributed by atoms with Crippen molar-refractivity contribution in [2.24, 2.45) is 5.41 Å². The fourth-order valence-corrected chi connectivity index (χ4v) is 3.14. The Morgan fingerprint density at radius 2 is 2.25 bits per heavy atom. The largest absolute Gasteiger partial charge is 0.396 e. The molecule has 0 amide bonds. The average Bonchev–Trinajstić information content (AvgIpc) is 2.48. The molecule has 1 saturated heterocycles. The number of piperidine rings is 1. The Morgan fingerprint density at radius 3 is 2.90 bits per heavy atom. The van der Waals surface area contributed by atoms with Gasteiger partial charge in [0.15, 0.2) is 0 Å². The van der Waals surface area contributed by atoms with Crippen LogP contribution in [0.3, 0.4) is 0 Å². The molecule has 2 heterocycles. The molecule has 3 N–H and O–H groups in total. The SMILES string of the molecule is OCC1(CNc2cc([C@H]3CCCNC3)ncn2)CCC1. The van der Waals surface area contributed by atoms with E-state index >= 15 is 0 Å². The van der Waals surface area contributed by atoms with Gasteiger partial charge >= 0.3 is 0 Å². The molecule has 5 heteroatoms. The number of hydrogen-bond donors (Lipinski definition) is 3. The summed E-state index contributed by atoms with van der Waals surface area (Å²) >= 11 is 0. The minimum atomic E-state index is 0.0809. The Hall–Kier alpha value is -1.20. The van der Waals surface area contributed by atoms with Gasteiger partial charge in [0.25, 0.3) is 0 Å². The molecular weight excluding hydrogens is 252 g/mol. The van der Waals surface area contributed by atoms with E-state index in [1.807, 2.05) is 0 Å². The lowest BCUT2D eigenvalue weighted by atomic mass is 9.69. The van der Waals surface area contributed by atoms with Crippen LogP contribution in [0.4, 0.5) is 5.82 Å². The van der Waals surface area contributed by atoms with E-state index in [0.717, 1.165) is 44.0 Å². The first kappa shape index (κ1) is 13.8. The molecular formula is C15H24N4O. The Balaban J connectivity index is 1.62. The van der Waals surface area contributed by atoms with Gasteiger partial charge in [-0.25, -0.2) is 9.97 Å². The van der Waals surface area contributed by atoms with E-state index in [4.69, 9.17) is 0 Å². The highest BCUT2D eigenvalue weighted by molar-refractivity contribution is 5.36. The van der Waals surface area contributed by atoms with Gasteiger partial charge < -0.3 is 15.7 Å². The number of aliphatic hydroxyl groups is 1. The maximum Gasteiger partial charge on any atom is 0.129 e. The highest BCUT2D eigenvalue weighted by Gasteiger charge is 2.36. The molecule has 3 rings (SSSR count). The molecule has 2 fully saturated rings. The van der Waals surface area contributed by atoms with Crippen molar-refractivity contribution in [3.8, 4) is 0 Å². The van der Waals surface area contributed by atoms with Crippen molar-refractivity contribution in [3.05, 3.63) is 18.1 Å². The van der Waals surface area contributed by atoms with Gasteiger partial charge in [0, 0.05) is 30.5 Å². The Kier molecular flexibility index (Phi) is 4.17. The maximum atomic E-state index is 9.49. The summed E-state index contributed by atoms with van der Waals surface area (Å²) in [5.74, 6) is 1.39. The minimum absolute atomic E-state index is 0.0809. The number of anilines is 1. The summed E-state index contributed by atoms with van der Waals surface area (Å²) in [6.45, 7) is 3.20. The first-order valence-corrected chi connectivity index (χ1v) is 7.69. The summed E-state index contributed by atoms with van der Waals surface area (Å²) in [6, 6.07) is 2.07. The van der Waals surface area contributed by atoms with Crippen molar-refractivity contribution in [1.29, 1.82) is 0 Å². The van der Waals surface area contributed by atoms with Crippen LogP contribution < -0.4 is 10.6 Å². The number of rotatable bonds is 5. The standard InChI is InChI=1S/C15H24N4O/c20-10-15(4-2-5-15)9-17-14-7-13(18-11-19-14)12-3-1-6-16-8-12/h7,11-12,16,20H,1-6,8-10H2,(H,17,18,19)/t12-/m0/s1. The Labute approximate surface area is 120 Å². The highest BCUT2D eigenvalue weighted by atomic mass is 16.3. The lowest BCUT2D eigenvalue weighted by molar-refractivity contribution is 0.0575. The van der Waals surface area contributed by atoms with Crippen LogP contribution in [-0.2, 0) is 0 Å². The molecule has 20 heavy (non-hydrogen) atoms. The van der Waals surface area contributed by atoms with Crippen molar-refractivity contribution in [3.63, 3.8) is 0 Å². The molecule has 0 radical (unpaired) electrons. The average molecular weight is 276 g/mol. The molecule has 110 valence electrons. The van der Waals surface area contributed by atoms with Gasteiger partial charge in [-0.1, -0.05) is 6.42 Å². The van der Waals surface area contributed by atoms with E-state index in [0.29, 0.717) is 5.92 Å². The topological polar surface area (TPSA) is 70.1 Å². The molecule has 0 aromatic carbocycles. The number of aliphatic hydroxyl groups excluding tert-OH is 1. The molecule has 1 aliphatic carbocycles. The van der Waals surface area contributed by atoms with Gasteiger partial charge in [0.2, 0.25) is 0 Å². The van der Waals surface area contributed by atoms with Crippen molar-refractivity contribution in [2.75, 3.05) is 31.6 Å². The normalized spacial score (nSPS) is 24.9. The molecule has 2 aliphatic rings. The highest BCUT2D eigenvalue weighted by Crippen LogP contribution is 2.40. The van der Waals surface area contributed by atoms with Gasteiger partial charge in [-0.05, 0) is 32.2 Å². The van der Waals surface area contributed by atoms with Crippen LogP contribution in [0.2, 0.25) is 0 Å². The quantitative estimate of drug-likeness (QED) is 0.760. The van der Waals surface area contributed by atoms with Crippen LogP contribution in [0, 0.1) is 5.41 Å². The van der Waals surface area contributed by atoms with Gasteiger partial charge in [-0.3, -0.25) is 0 Å². The van der Waals surface area contributed by atoms with Crippen LogP contribution in [0.25, 0.3) is 0 Å². The second-order valence-electron chi connectivity index (χ2n) is 6.24. The number of nitrogens with zero attached hydrogens (tertiary/aromatic N) is 2. The number of nitrogens with one attached hydrogen (secondary N) is 2. The van der Waals surface area contributed by atoms with Crippen LogP contribution in [0.5, 0.6) is 0 Å². The maximum absolute atomic E-state index is 9.49. The Morgan fingerprint density at radius 1 is 1.35 bits per heavy atom. The zero-order valence-electron chi connectivity index (χ0n) is 11.9. The van der Waals surface area contributed by atoms with E-state index in [-0.39, 0.29) is 12.0 Å². The summed E-state index contributed by atoms with van der Waals surface area (Å²) in [6.07, 6.45) is 7.51. The predicted octanol–water partition coefficient (Wildman–Crippen LogP) is 1.52. The van der Waals surface area contributed by atoms with E-state index in [2.05, 4.69) is 26.7 Å². The van der Waals surface area contributed by atoms with Crippen LogP contribution in [-0.4, -0.2) is 41.3 Å². The van der Waals surface area contributed by atoms with Crippen molar-refractivity contribution in [1.82, 2.24) is 15.3 Å². The smallest absolute Gasteiger partial charge is 0.129 e. The van der Waals surface area contributed by atoms with E-state index in [9.17, 15) is 5.11 Å². The summed E-state index contributed by atoms with van der Waals surface area (Å²) in [7, 11) is 0. The van der Waals surface area contributed by atoms with Crippen molar-refractivity contribution < 1.29 is 5.11 Å². The summed E-state index contributed by atoms with van der Waals surface area (Å²) in [5.41, 5.74) is 1.21. The molecule has 0 spiro atoms. The van der Waals surface area contributed by atoms with Crippen molar-refractivity contribution >= 4 is 5.82 Å². The lowest BCUT2D eigenvalue weighted by Crippen LogP contribution is -2.40. The van der Waals surface area contributed by atoms with Gasteiger partial charge in [-0.15, -0.1) is 0 Å². The van der Waals surface area contributed by atoms with Gasteiger partial charge in [0.1, 0.15) is 12.1 Å². The van der Waals surface area contributed by atoms with Crippen LogP contribution >= 0.6 is 0 Å². The third-order valence-electron chi connectivity index (χ3n) is 4.80. The first-order chi connectivity index (χ1) is 9.81. The summed E-state index contributed by atoms with van der Waals surface area (Å²) in [5, 5.41) is 16.3. The first-order valence-electron chi connectivity index (χ1n) is 7.69. The minimum Gasteiger partial charge on any atom is -0.396 e. The molecule has 1 aromatic rings. The summed E-state index contributed by atoms with van der Waals surface area (Å²) in [4.78, 5) is 8.73. The molecule has 0 bridgehead atoms. The molecule has 1 atom stereocenters. The monoisotopic (exact) mass is 276 g/mol. The second-order valence-corrected chi connectivity index (χ2v) is 6.24. The van der Waals surface area contributed by atoms with E-state index < -0.39 is 0 Å². The fraction of sp³-hybridized carbons (Fsp3) is 0.733. The van der Waals surface area contributed by atoms with Crippen LogP contribution in [0.15, 0.2) is 12.4 Å². The third kappa shape index (κ3) is 2.94. The Bertz CT molecular complexity index is 436.